The Morgan fingerprint density at radius 3 is 1.29 bits per heavy atom. The molecule has 14 heavy (non-hydrogen) atoms. The van der Waals surface area contributed by atoms with Gasteiger partial charge in [0.1, 0.15) is 0 Å². The van der Waals surface area contributed by atoms with E-state index in [1.807, 2.05) is 0 Å². The maximum absolute atomic E-state index is 10.6. The quantitative estimate of drug-likeness (QED) is 0.346. The SMILES string of the molecule is CC(=O)OC(=O)C=CC(=O)OC(C)=O. The Balaban J connectivity index is 4.04. The van der Waals surface area contributed by atoms with Crippen LogP contribution in [-0.2, 0) is 28.7 Å². The van der Waals surface area contributed by atoms with E-state index in [1.54, 1.807) is 0 Å². The third-order valence-electron chi connectivity index (χ3n) is 0.844. The molecular weight excluding hydrogens is 192 g/mol. The summed E-state index contributed by atoms with van der Waals surface area (Å²) >= 11 is 0. The van der Waals surface area contributed by atoms with Crippen molar-refractivity contribution in [1.82, 2.24) is 0 Å². The van der Waals surface area contributed by atoms with Crippen LogP contribution in [0.25, 0.3) is 0 Å². The smallest absolute Gasteiger partial charge is 0.338 e. The highest BCUT2D eigenvalue weighted by Gasteiger charge is 2.04. The van der Waals surface area contributed by atoms with Crippen molar-refractivity contribution < 1.29 is 28.7 Å². The summed E-state index contributed by atoms with van der Waals surface area (Å²) in [4.78, 5) is 41.7. The molecule has 0 amide bonds. The maximum atomic E-state index is 10.6. The first-order valence-corrected chi connectivity index (χ1v) is 3.54. The average Bonchev–Trinajstić information content (AvgIpc) is 1.98. The number of carbonyl (C=O) groups is 4. The average molecular weight is 200 g/mol. The summed E-state index contributed by atoms with van der Waals surface area (Å²) in [6.07, 6.45) is 1.37. The van der Waals surface area contributed by atoms with Crippen molar-refractivity contribution in [3.8, 4) is 0 Å². The number of carbonyl (C=O) groups excluding carboxylic acids is 4. The lowest BCUT2D eigenvalue weighted by atomic mass is 10.5. The van der Waals surface area contributed by atoms with Gasteiger partial charge in [0.05, 0.1) is 0 Å². The van der Waals surface area contributed by atoms with Crippen LogP contribution in [0.5, 0.6) is 0 Å². The van der Waals surface area contributed by atoms with Gasteiger partial charge in [-0.25, -0.2) is 9.59 Å². The van der Waals surface area contributed by atoms with Crippen LogP contribution < -0.4 is 0 Å². The van der Waals surface area contributed by atoms with Crippen LogP contribution >= 0.6 is 0 Å². The normalized spacial score (nSPS) is 9.57. The lowest BCUT2D eigenvalue weighted by Crippen LogP contribution is -2.09. The molecule has 0 atom stereocenters. The number of hydrogen-bond donors (Lipinski definition) is 0. The zero-order valence-electron chi connectivity index (χ0n) is 7.60. The molecule has 0 bridgehead atoms. The predicted molar refractivity (Wildman–Crippen MR) is 42.7 cm³/mol. The van der Waals surface area contributed by atoms with Gasteiger partial charge >= 0.3 is 23.9 Å². The van der Waals surface area contributed by atoms with Crippen LogP contribution in [0.3, 0.4) is 0 Å². The Labute approximate surface area is 79.5 Å². The van der Waals surface area contributed by atoms with Crippen molar-refractivity contribution in [2.24, 2.45) is 0 Å². The topological polar surface area (TPSA) is 86.7 Å². The molecule has 0 radical (unpaired) electrons. The van der Waals surface area contributed by atoms with Gasteiger partial charge in [-0.3, -0.25) is 9.59 Å². The van der Waals surface area contributed by atoms with E-state index < -0.39 is 23.9 Å². The largest absolute Gasteiger partial charge is 0.390 e. The molecule has 0 aromatic rings. The highest BCUT2D eigenvalue weighted by molar-refractivity contribution is 5.98. The molecule has 0 saturated carbocycles. The monoisotopic (exact) mass is 200 g/mol. The van der Waals surface area contributed by atoms with E-state index in [-0.39, 0.29) is 0 Å². The Bertz CT molecular complexity index is 271. The van der Waals surface area contributed by atoms with Gasteiger partial charge in [-0.2, -0.15) is 0 Å². The first kappa shape index (κ1) is 12.0. The summed E-state index contributed by atoms with van der Waals surface area (Å²) in [7, 11) is 0. The van der Waals surface area contributed by atoms with Gasteiger partial charge < -0.3 is 9.47 Å². The third-order valence-corrected chi connectivity index (χ3v) is 0.844. The molecule has 0 fully saturated rings. The Morgan fingerprint density at radius 1 is 0.786 bits per heavy atom. The summed E-state index contributed by atoms with van der Waals surface area (Å²) in [5.41, 5.74) is 0. The third kappa shape index (κ3) is 6.71. The van der Waals surface area contributed by atoms with E-state index >= 15 is 0 Å². The van der Waals surface area contributed by atoms with Gasteiger partial charge in [-0.15, -0.1) is 0 Å². The summed E-state index contributed by atoms with van der Waals surface area (Å²) in [6, 6.07) is 0. The number of ether oxygens (including phenoxy) is 2. The Hall–Kier alpha value is -1.98. The molecule has 0 heterocycles. The molecule has 6 nitrogen and oxygen atoms in total. The van der Waals surface area contributed by atoms with Crippen molar-refractivity contribution in [1.29, 1.82) is 0 Å². The van der Waals surface area contributed by atoms with E-state index in [2.05, 4.69) is 9.47 Å². The molecule has 6 heteroatoms. The lowest BCUT2D eigenvalue weighted by Gasteiger charge is -1.93. The molecule has 0 N–H and O–H groups in total. The van der Waals surface area contributed by atoms with E-state index in [9.17, 15) is 19.2 Å². The van der Waals surface area contributed by atoms with Gasteiger partial charge in [0.15, 0.2) is 0 Å². The van der Waals surface area contributed by atoms with Crippen LogP contribution in [0.15, 0.2) is 12.2 Å². The number of esters is 4. The fourth-order valence-electron chi connectivity index (χ4n) is 0.487. The van der Waals surface area contributed by atoms with E-state index in [1.165, 1.54) is 0 Å². The van der Waals surface area contributed by atoms with Crippen LogP contribution in [-0.4, -0.2) is 23.9 Å². The van der Waals surface area contributed by atoms with E-state index in [0.717, 1.165) is 13.8 Å². The predicted octanol–water partition coefficient (Wildman–Crippen LogP) is -0.278. The number of rotatable bonds is 2. The van der Waals surface area contributed by atoms with Crippen molar-refractivity contribution in [3.05, 3.63) is 12.2 Å². The minimum Gasteiger partial charge on any atom is -0.390 e. The summed E-state index contributed by atoms with van der Waals surface area (Å²) in [6.45, 7) is 2.08. The molecule has 0 saturated heterocycles. The van der Waals surface area contributed by atoms with Gasteiger partial charge in [0.25, 0.3) is 0 Å². The molecule has 0 aromatic carbocycles. The molecule has 0 aliphatic rings. The van der Waals surface area contributed by atoms with Gasteiger partial charge in [-0.1, -0.05) is 0 Å². The molecule has 0 aliphatic heterocycles. The highest BCUT2D eigenvalue weighted by Crippen LogP contribution is 1.86. The summed E-state index contributed by atoms with van der Waals surface area (Å²) < 4.78 is 8.10. The number of hydrogen-bond acceptors (Lipinski definition) is 6. The Kier molecular flexibility index (Phi) is 4.83. The summed E-state index contributed by atoms with van der Waals surface area (Å²) in [5, 5.41) is 0. The maximum Gasteiger partial charge on any atom is 0.338 e. The minimum atomic E-state index is -1.00. The molecule has 0 rings (SSSR count). The standard InChI is InChI=1S/C8H8O6/c1-5(9)13-7(11)3-4-8(12)14-6(2)10/h3-4H,1-2H3. The first-order chi connectivity index (χ1) is 6.41. The fourth-order valence-corrected chi connectivity index (χ4v) is 0.487. The molecule has 0 aromatic heterocycles. The van der Waals surface area contributed by atoms with Crippen molar-refractivity contribution in [2.75, 3.05) is 0 Å². The first-order valence-electron chi connectivity index (χ1n) is 3.54. The van der Waals surface area contributed by atoms with Crippen LogP contribution in [0.2, 0.25) is 0 Å². The second-order valence-corrected chi connectivity index (χ2v) is 2.16. The van der Waals surface area contributed by atoms with Gasteiger partial charge in [0, 0.05) is 26.0 Å². The Morgan fingerprint density at radius 2 is 1.07 bits per heavy atom. The van der Waals surface area contributed by atoms with E-state index in [0.29, 0.717) is 12.2 Å². The molecule has 0 aliphatic carbocycles. The zero-order valence-corrected chi connectivity index (χ0v) is 7.60. The van der Waals surface area contributed by atoms with Crippen molar-refractivity contribution in [3.63, 3.8) is 0 Å². The fraction of sp³-hybridized carbons (Fsp3) is 0.250. The second kappa shape index (κ2) is 5.63. The van der Waals surface area contributed by atoms with E-state index in [4.69, 9.17) is 0 Å². The zero-order chi connectivity index (χ0) is 11.1. The molecule has 0 spiro atoms. The van der Waals surface area contributed by atoms with Crippen molar-refractivity contribution in [2.45, 2.75) is 13.8 Å². The van der Waals surface area contributed by atoms with Gasteiger partial charge in [-0.05, 0) is 0 Å². The molecule has 0 unspecified atom stereocenters. The van der Waals surface area contributed by atoms with Crippen LogP contribution in [0, 0.1) is 0 Å². The van der Waals surface area contributed by atoms with Crippen molar-refractivity contribution >= 4 is 23.9 Å². The van der Waals surface area contributed by atoms with Crippen LogP contribution in [0.1, 0.15) is 13.8 Å². The second-order valence-electron chi connectivity index (χ2n) is 2.16. The summed E-state index contributed by atoms with van der Waals surface area (Å²) in [5.74, 6) is -3.59. The molecular formula is C8H8O6. The van der Waals surface area contributed by atoms with Gasteiger partial charge in [0.2, 0.25) is 0 Å². The minimum absolute atomic E-state index is 0.687. The lowest BCUT2D eigenvalue weighted by molar-refractivity contribution is -0.157. The van der Waals surface area contributed by atoms with Crippen LogP contribution in [0.4, 0.5) is 0 Å². The highest BCUT2D eigenvalue weighted by atomic mass is 16.6. The molecule has 76 valence electrons.